The van der Waals surface area contributed by atoms with E-state index < -0.39 is 0 Å². The van der Waals surface area contributed by atoms with E-state index in [1.807, 2.05) is 17.0 Å². The molecule has 19 heavy (non-hydrogen) atoms. The minimum Gasteiger partial charge on any atom is -0.399 e. The van der Waals surface area contributed by atoms with Gasteiger partial charge < -0.3 is 10.6 Å². The number of nitrogen functional groups attached to an aromatic ring is 1. The predicted molar refractivity (Wildman–Crippen MR) is 78.1 cm³/mol. The molecule has 1 aromatic heterocycles. The molecule has 2 heterocycles. The fraction of sp³-hybridized carbons (Fsp3) is 0.267. The Labute approximate surface area is 116 Å². The Kier molecular flexibility index (Phi) is 3.03. The van der Waals surface area contributed by atoms with Crippen LogP contribution in [-0.2, 0) is 19.5 Å². The Morgan fingerprint density at radius 2 is 2.05 bits per heavy atom. The van der Waals surface area contributed by atoms with Gasteiger partial charge in [0.05, 0.1) is 6.54 Å². The molecule has 0 atom stereocenters. The second kappa shape index (κ2) is 4.70. The molecular weight excluding hydrogens is 256 g/mol. The van der Waals surface area contributed by atoms with E-state index in [-0.39, 0.29) is 5.91 Å². The van der Waals surface area contributed by atoms with Crippen LogP contribution in [0.1, 0.15) is 32.6 Å². The van der Waals surface area contributed by atoms with Crippen molar-refractivity contribution in [2.45, 2.75) is 26.4 Å². The summed E-state index contributed by atoms with van der Waals surface area (Å²) >= 11 is 1.79. The second-order valence-electron chi connectivity index (χ2n) is 4.80. The Bertz CT molecular complexity index is 633. The van der Waals surface area contributed by atoms with Crippen molar-refractivity contribution in [2.24, 2.45) is 0 Å². The van der Waals surface area contributed by atoms with E-state index in [2.05, 4.69) is 19.1 Å². The molecule has 1 aliphatic heterocycles. The smallest absolute Gasteiger partial charge is 0.254 e. The number of thiophene rings is 1. The van der Waals surface area contributed by atoms with Crippen molar-refractivity contribution in [3.05, 3.63) is 51.2 Å². The number of benzene rings is 1. The van der Waals surface area contributed by atoms with Gasteiger partial charge in [0.15, 0.2) is 0 Å². The largest absolute Gasteiger partial charge is 0.399 e. The van der Waals surface area contributed by atoms with E-state index in [9.17, 15) is 4.79 Å². The first kappa shape index (κ1) is 12.2. The van der Waals surface area contributed by atoms with Crippen LogP contribution in [0.2, 0.25) is 0 Å². The van der Waals surface area contributed by atoms with Gasteiger partial charge in [-0.3, -0.25) is 4.79 Å². The molecule has 3 rings (SSSR count). The van der Waals surface area contributed by atoms with Crippen molar-refractivity contribution in [3.63, 3.8) is 0 Å². The van der Waals surface area contributed by atoms with Crippen molar-refractivity contribution in [2.75, 3.05) is 5.73 Å². The fourth-order valence-electron chi connectivity index (χ4n) is 2.39. The number of carbonyl (C=O) groups excluding carboxylic acids is 1. The van der Waals surface area contributed by atoms with Gasteiger partial charge in [-0.1, -0.05) is 13.0 Å². The molecule has 0 spiro atoms. The first-order valence-electron chi connectivity index (χ1n) is 6.42. The number of rotatable bonds is 3. The summed E-state index contributed by atoms with van der Waals surface area (Å²) in [4.78, 5) is 16.8. The van der Waals surface area contributed by atoms with Crippen LogP contribution in [0, 0.1) is 0 Å². The summed E-state index contributed by atoms with van der Waals surface area (Å²) in [6.07, 6.45) is 1.05. The molecule has 0 radical (unpaired) electrons. The average molecular weight is 272 g/mol. The van der Waals surface area contributed by atoms with Crippen LogP contribution in [0.4, 0.5) is 5.69 Å². The van der Waals surface area contributed by atoms with Gasteiger partial charge in [0.1, 0.15) is 0 Å². The lowest BCUT2D eigenvalue weighted by Crippen LogP contribution is -2.22. The van der Waals surface area contributed by atoms with E-state index in [0.29, 0.717) is 18.8 Å². The van der Waals surface area contributed by atoms with Crippen molar-refractivity contribution in [1.82, 2.24) is 4.90 Å². The van der Waals surface area contributed by atoms with Gasteiger partial charge in [-0.15, -0.1) is 11.3 Å². The third kappa shape index (κ3) is 2.24. The number of fused-ring (bicyclic) bond motifs is 1. The van der Waals surface area contributed by atoms with Gasteiger partial charge >= 0.3 is 0 Å². The standard InChI is InChI=1S/C15H16N2OS/c1-2-12-5-6-13(19-12)9-17-8-10-3-4-11(16)7-14(10)15(17)18/h3-7H,2,8-9,16H2,1H3. The molecule has 3 nitrogen and oxygen atoms in total. The van der Waals surface area contributed by atoms with E-state index >= 15 is 0 Å². The summed E-state index contributed by atoms with van der Waals surface area (Å²) in [5.41, 5.74) is 8.23. The Morgan fingerprint density at radius 1 is 1.26 bits per heavy atom. The fourth-order valence-corrected chi connectivity index (χ4v) is 3.37. The van der Waals surface area contributed by atoms with Gasteiger partial charge in [-0.25, -0.2) is 0 Å². The number of hydrogen-bond donors (Lipinski definition) is 1. The zero-order valence-corrected chi connectivity index (χ0v) is 11.7. The highest BCUT2D eigenvalue weighted by molar-refractivity contribution is 7.11. The summed E-state index contributed by atoms with van der Waals surface area (Å²) in [6, 6.07) is 9.85. The summed E-state index contributed by atoms with van der Waals surface area (Å²) in [5, 5.41) is 0. The van der Waals surface area contributed by atoms with Gasteiger partial charge in [0, 0.05) is 27.5 Å². The molecule has 4 heteroatoms. The van der Waals surface area contributed by atoms with Gasteiger partial charge in [0.25, 0.3) is 5.91 Å². The highest BCUT2D eigenvalue weighted by Gasteiger charge is 2.27. The molecule has 0 bridgehead atoms. The molecular formula is C15H16N2OS. The normalized spacial score (nSPS) is 13.9. The summed E-state index contributed by atoms with van der Waals surface area (Å²) in [6.45, 7) is 3.53. The summed E-state index contributed by atoms with van der Waals surface area (Å²) in [5.74, 6) is 0.0914. The minimum absolute atomic E-state index is 0.0914. The quantitative estimate of drug-likeness (QED) is 0.873. The van der Waals surface area contributed by atoms with Gasteiger partial charge in [-0.05, 0) is 36.2 Å². The monoisotopic (exact) mass is 272 g/mol. The van der Waals surface area contributed by atoms with Crippen LogP contribution >= 0.6 is 11.3 Å². The third-order valence-electron chi connectivity index (χ3n) is 3.43. The number of nitrogens with two attached hydrogens (primary N) is 1. The van der Waals surface area contributed by atoms with E-state index in [0.717, 1.165) is 17.5 Å². The molecule has 2 N–H and O–H groups in total. The van der Waals surface area contributed by atoms with E-state index in [1.165, 1.54) is 9.75 Å². The molecule has 1 aromatic carbocycles. The first-order valence-corrected chi connectivity index (χ1v) is 7.24. The van der Waals surface area contributed by atoms with Gasteiger partial charge in [0.2, 0.25) is 0 Å². The Hall–Kier alpha value is -1.81. The molecule has 0 saturated carbocycles. The summed E-state index contributed by atoms with van der Waals surface area (Å²) in [7, 11) is 0. The second-order valence-corrected chi connectivity index (χ2v) is 6.05. The SMILES string of the molecule is CCc1ccc(CN2Cc3ccc(N)cc3C2=O)s1. The molecule has 0 unspecified atom stereocenters. The number of hydrogen-bond acceptors (Lipinski definition) is 3. The van der Waals surface area contributed by atoms with Crippen LogP contribution in [0.25, 0.3) is 0 Å². The number of nitrogens with zero attached hydrogens (tertiary/aromatic N) is 1. The van der Waals surface area contributed by atoms with Crippen LogP contribution in [0.3, 0.4) is 0 Å². The van der Waals surface area contributed by atoms with Crippen LogP contribution < -0.4 is 5.73 Å². The maximum atomic E-state index is 12.3. The maximum Gasteiger partial charge on any atom is 0.254 e. The zero-order valence-electron chi connectivity index (χ0n) is 10.8. The molecule has 0 aliphatic carbocycles. The molecule has 1 amide bonds. The van der Waals surface area contributed by atoms with E-state index in [1.54, 1.807) is 17.4 Å². The number of amides is 1. The average Bonchev–Trinajstić information content (AvgIpc) is 2.97. The lowest BCUT2D eigenvalue weighted by atomic mass is 10.1. The molecule has 98 valence electrons. The topological polar surface area (TPSA) is 46.3 Å². The number of anilines is 1. The lowest BCUT2D eigenvalue weighted by molar-refractivity contribution is 0.0768. The third-order valence-corrected chi connectivity index (χ3v) is 4.64. The van der Waals surface area contributed by atoms with Crippen molar-refractivity contribution in [3.8, 4) is 0 Å². The molecule has 0 fully saturated rings. The molecule has 1 aliphatic rings. The first-order chi connectivity index (χ1) is 9.17. The van der Waals surface area contributed by atoms with Gasteiger partial charge in [-0.2, -0.15) is 0 Å². The maximum absolute atomic E-state index is 12.3. The predicted octanol–water partition coefficient (Wildman–Crippen LogP) is 3.05. The minimum atomic E-state index is 0.0914. The molecule has 0 saturated heterocycles. The van der Waals surface area contributed by atoms with E-state index in [4.69, 9.17) is 5.73 Å². The highest BCUT2D eigenvalue weighted by Crippen LogP contribution is 2.27. The lowest BCUT2D eigenvalue weighted by Gasteiger charge is -2.13. The van der Waals surface area contributed by atoms with Crippen molar-refractivity contribution < 1.29 is 4.79 Å². The van der Waals surface area contributed by atoms with Crippen LogP contribution in [0.5, 0.6) is 0 Å². The van der Waals surface area contributed by atoms with Crippen LogP contribution in [-0.4, -0.2) is 10.8 Å². The number of aryl methyl sites for hydroxylation is 1. The van der Waals surface area contributed by atoms with Crippen LogP contribution in [0.15, 0.2) is 30.3 Å². The van der Waals surface area contributed by atoms with Crippen molar-refractivity contribution in [1.29, 1.82) is 0 Å². The van der Waals surface area contributed by atoms with Crippen molar-refractivity contribution >= 4 is 22.9 Å². The summed E-state index contributed by atoms with van der Waals surface area (Å²) < 4.78 is 0. The number of carbonyl (C=O) groups is 1. The highest BCUT2D eigenvalue weighted by atomic mass is 32.1. The molecule has 2 aromatic rings. The Balaban J connectivity index is 1.80. The Morgan fingerprint density at radius 3 is 2.79 bits per heavy atom. The zero-order chi connectivity index (χ0) is 13.4.